The molecule has 0 spiro atoms. The van der Waals surface area contributed by atoms with Crippen molar-refractivity contribution >= 4 is 65.6 Å². The highest BCUT2D eigenvalue weighted by Gasteiger charge is 2.36. The van der Waals surface area contributed by atoms with E-state index in [1.807, 2.05) is 0 Å². The first-order valence-electron chi connectivity index (χ1n) is 18.8. The lowest BCUT2D eigenvalue weighted by Crippen LogP contribution is -2.14. The van der Waals surface area contributed by atoms with Crippen LogP contribution < -0.4 is 0 Å². The molecule has 1 aliphatic rings. The van der Waals surface area contributed by atoms with Crippen LogP contribution in [0.15, 0.2) is 174 Å². The van der Waals surface area contributed by atoms with Gasteiger partial charge in [0.1, 0.15) is 11.2 Å². The van der Waals surface area contributed by atoms with Crippen LogP contribution in [-0.4, -0.2) is 9.13 Å². The van der Waals surface area contributed by atoms with Gasteiger partial charge >= 0.3 is 0 Å². The largest absolute Gasteiger partial charge is 0.456 e. The molecule has 0 amide bonds. The van der Waals surface area contributed by atoms with Crippen molar-refractivity contribution in [2.24, 2.45) is 0 Å². The molecule has 0 aliphatic heterocycles. The van der Waals surface area contributed by atoms with Crippen molar-refractivity contribution in [3.05, 3.63) is 181 Å². The molecule has 0 fully saturated rings. The summed E-state index contributed by atoms with van der Waals surface area (Å²) in [5.41, 5.74) is 16.6. The summed E-state index contributed by atoms with van der Waals surface area (Å²) in [6.45, 7) is 4.72. The lowest BCUT2D eigenvalue weighted by molar-refractivity contribution is 0.661. The Hall–Kier alpha value is -6.84. The zero-order valence-electron chi connectivity index (χ0n) is 30.0. The van der Waals surface area contributed by atoms with Crippen molar-refractivity contribution < 1.29 is 4.42 Å². The lowest BCUT2D eigenvalue weighted by atomic mass is 9.82. The SMILES string of the molecule is CC1(C)c2ccccc2-c2cc3c4ccccc4n(-c4ccc5oc6cccc(-c7ccc8c(c7)c7ccccc7n8-c7ccccc7)c6c5c4)c3cc21. The molecule has 0 N–H and O–H groups in total. The van der Waals surface area contributed by atoms with E-state index in [1.165, 1.54) is 77.0 Å². The molecule has 8 aromatic carbocycles. The predicted octanol–water partition coefficient (Wildman–Crippen LogP) is 13.8. The summed E-state index contributed by atoms with van der Waals surface area (Å²) in [5, 5.41) is 7.27. The molecule has 11 aromatic rings. The number of fused-ring (bicyclic) bond motifs is 12. The van der Waals surface area contributed by atoms with Crippen molar-refractivity contribution in [3.8, 4) is 33.6 Å². The summed E-state index contributed by atoms with van der Waals surface area (Å²) in [6.07, 6.45) is 0. The van der Waals surface area contributed by atoms with E-state index in [2.05, 4.69) is 193 Å². The molecule has 0 atom stereocenters. The summed E-state index contributed by atoms with van der Waals surface area (Å²) in [4.78, 5) is 0. The van der Waals surface area contributed by atoms with Crippen LogP contribution >= 0.6 is 0 Å². The molecule has 0 saturated heterocycles. The summed E-state index contributed by atoms with van der Waals surface area (Å²) in [5.74, 6) is 0. The van der Waals surface area contributed by atoms with Crippen LogP contribution in [0.3, 0.4) is 0 Å². The molecular formula is C51H34N2O. The van der Waals surface area contributed by atoms with Gasteiger partial charge in [-0.05, 0) is 106 Å². The van der Waals surface area contributed by atoms with Gasteiger partial charge in [-0.2, -0.15) is 0 Å². The maximum Gasteiger partial charge on any atom is 0.136 e. The first-order valence-corrected chi connectivity index (χ1v) is 18.8. The van der Waals surface area contributed by atoms with E-state index in [9.17, 15) is 0 Å². The normalized spacial score (nSPS) is 13.5. The molecule has 3 aromatic heterocycles. The summed E-state index contributed by atoms with van der Waals surface area (Å²) >= 11 is 0. The number of benzene rings is 8. The third-order valence-electron chi connectivity index (χ3n) is 12.1. The van der Waals surface area contributed by atoms with Crippen LogP contribution in [0.5, 0.6) is 0 Å². The van der Waals surface area contributed by atoms with E-state index < -0.39 is 0 Å². The van der Waals surface area contributed by atoms with Crippen LogP contribution in [0.4, 0.5) is 0 Å². The van der Waals surface area contributed by atoms with Gasteiger partial charge in [-0.15, -0.1) is 0 Å². The first kappa shape index (κ1) is 29.7. The zero-order valence-corrected chi connectivity index (χ0v) is 30.0. The number of aromatic nitrogens is 2. The van der Waals surface area contributed by atoms with E-state index in [0.29, 0.717) is 0 Å². The number of hydrogen-bond donors (Lipinski definition) is 0. The van der Waals surface area contributed by atoms with E-state index in [4.69, 9.17) is 4.42 Å². The second kappa shape index (κ2) is 10.6. The molecule has 3 nitrogen and oxygen atoms in total. The van der Waals surface area contributed by atoms with Gasteiger partial charge in [-0.3, -0.25) is 0 Å². The highest BCUT2D eigenvalue weighted by Crippen LogP contribution is 2.51. The van der Waals surface area contributed by atoms with Crippen molar-refractivity contribution in [2.45, 2.75) is 19.3 Å². The predicted molar refractivity (Wildman–Crippen MR) is 225 cm³/mol. The number of hydrogen-bond acceptors (Lipinski definition) is 1. The molecular weight excluding hydrogens is 657 g/mol. The monoisotopic (exact) mass is 690 g/mol. The second-order valence-electron chi connectivity index (χ2n) is 15.3. The number of nitrogens with zero attached hydrogens (tertiary/aromatic N) is 2. The second-order valence-corrected chi connectivity index (χ2v) is 15.3. The fourth-order valence-electron chi connectivity index (χ4n) is 9.63. The highest BCUT2D eigenvalue weighted by atomic mass is 16.3. The average Bonchev–Trinajstić information content (AvgIpc) is 3.92. The molecule has 0 bridgehead atoms. The maximum absolute atomic E-state index is 6.59. The Morgan fingerprint density at radius 3 is 1.87 bits per heavy atom. The summed E-state index contributed by atoms with van der Waals surface area (Å²) in [7, 11) is 0. The van der Waals surface area contributed by atoms with Crippen LogP contribution in [0, 0.1) is 0 Å². The zero-order chi connectivity index (χ0) is 35.7. The minimum absolute atomic E-state index is 0.0878. The van der Waals surface area contributed by atoms with Gasteiger partial charge in [0.15, 0.2) is 0 Å². The van der Waals surface area contributed by atoms with Gasteiger partial charge in [-0.25, -0.2) is 0 Å². The van der Waals surface area contributed by atoms with Crippen molar-refractivity contribution in [2.75, 3.05) is 0 Å². The molecule has 0 unspecified atom stereocenters. The molecule has 1 aliphatic carbocycles. The Morgan fingerprint density at radius 1 is 0.389 bits per heavy atom. The minimum Gasteiger partial charge on any atom is -0.456 e. The molecule has 0 saturated carbocycles. The minimum atomic E-state index is -0.0878. The van der Waals surface area contributed by atoms with Gasteiger partial charge < -0.3 is 13.6 Å². The van der Waals surface area contributed by atoms with Crippen LogP contribution in [-0.2, 0) is 5.41 Å². The van der Waals surface area contributed by atoms with Gasteiger partial charge in [0.25, 0.3) is 0 Å². The van der Waals surface area contributed by atoms with Gasteiger partial charge in [-0.1, -0.05) is 111 Å². The van der Waals surface area contributed by atoms with Crippen molar-refractivity contribution in [3.63, 3.8) is 0 Å². The fraction of sp³-hybridized carbons (Fsp3) is 0.0588. The third-order valence-corrected chi connectivity index (χ3v) is 12.1. The number of rotatable bonds is 3. The Bertz CT molecular complexity index is 3350. The van der Waals surface area contributed by atoms with Gasteiger partial charge in [0.2, 0.25) is 0 Å². The van der Waals surface area contributed by atoms with Crippen molar-refractivity contribution in [1.29, 1.82) is 0 Å². The molecule has 12 rings (SSSR count). The van der Waals surface area contributed by atoms with Gasteiger partial charge in [0, 0.05) is 49.1 Å². The van der Waals surface area contributed by atoms with Crippen LogP contribution in [0.2, 0.25) is 0 Å². The maximum atomic E-state index is 6.59. The molecule has 3 heteroatoms. The highest BCUT2D eigenvalue weighted by molar-refractivity contribution is 6.16. The topological polar surface area (TPSA) is 23.0 Å². The lowest BCUT2D eigenvalue weighted by Gasteiger charge is -2.21. The fourth-order valence-corrected chi connectivity index (χ4v) is 9.63. The Labute approximate surface area is 311 Å². The third kappa shape index (κ3) is 3.91. The van der Waals surface area contributed by atoms with Crippen LogP contribution in [0.1, 0.15) is 25.0 Å². The smallest absolute Gasteiger partial charge is 0.136 e. The van der Waals surface area contributed by atoms with E-state index in [0.717, 1.165) is 33.3 Å². The Balaban J connectivity index is 1.09. The van der Waals surface area contributed by atoms with E-state index in [1.54, 1.807) is 0 Å². The number of furan rings is 1. The van der Waals surface area contributed by atoms with Crippen LogP contribution in [0.25, 0.3) is 99.2 Å². The molecule has 3 heterocycles. The molecule has 0 radical (unpaired) electrons. The summed E-state index contributed by atoms with van der Waals surface area (Å²) in [6, 6.07) is 62.1. The Kier molecular flexibility index (Phi) is 5.84. The van der Waals surface area contributed by atoms with E-state index in [-0.39, 0.29) is 5.41 Å². The first-order chi connectivity index (χ1) is 26.5. The summed E-state index contributed by atoms with van der Waals surface area (Å²) < 4.78 is 11.4. The molecule has 254 valence electrons. The van der Waals surface area contributed by atoms with E-state index >= 15 is 0 Å². The Morgan fingerprint density at radius 2 is 1.06 bits per heavy atom. The van der Waals surface area contributed by atoms with Crippen molar-refractivity contribution in [1.82, 2.24) is 9.13 Å². The molecule has 54 heavy (non-hydrogen) atoms. The quantitative estimate of drug-likeness (QED) is 0.181. The number of para-hydroxylation sites is 3. The average molecular weight is 691 g/mol. The standard InChI is InChI=1S/C51H34N2O/c1-51(2)42-19-9-6-15-35(42)38-29-40-37-17-8-11-21-45(37)53(47(40)30-43(38)51)33-24-26-48-41(28-33)50-34(18-12-22-49(50)54-48)31-23-25-46-39(27-31)36-16-7-10-20-44(36)52(46)32-13-4-3-5-14-32/h3-30H,1-2H3. The van der Waals surface area contributed by atoms with Gasteiger partial charge in [0.05, 0.1) is 22.1 Å².